The van der Waals surface area contributed by atoms with Crippen molar-refractivity contribution in [3.8, 4) is 5.88 Å². The number of nitro groups is 1. The third-order valence-electron chi connectivity index (χ3n) is 3.61. The van der Waals surface area contributed by atoms with E-state index in [-0.39, 0.29) is 10.7 Å². The Balaban J connectivity index is 2.38. The molecule has 0 aromatic carbocycles. The highest BCUT2D eigenvalue weighted by atomic mass is 19.4. The molecule has 0 saturated heterocycles. The van der Waals surface area contributed by atoms with Crippen molar-refractivity contribution in [3.05, 3.63) is 16.3 Å². The van der Waals surface area contributed by atoms with Gasteiger partial charge in [-0.05, 0) is 13.8 Å². The Labute approximate surface area is 138 Å². The first-order chi connectivity index (χ1) is 11.4. The van der Waals surface area contributed by atoms with Gasteiger partial charge in [0.1, 0.15) is 12.2 Å². The van der Waals surface area contributed by atoms with E-state index in [0.717, 1.165) is 18.0 Å². The standard InChI is InChI=1S/C12H14F3N5O5/c1-6-4-11(22,12(13,14)15)19(16-6)10(21)7(2)18-5-8(20(23)24)9(17-18)25-3/h5,7,22H,4H2,1-3H3/t7-,11+/m1/s1. The van der Waals surface area contributed by atoms with Crippen LogP contribution in [0.25, 0.3) is 0 Å². The van der Waals surface area contributed by atoms with Gasteiger partial charge in [0.2, 0.25) is 0 Å². The summed E-state index contributed by atoms with van der Waals surface area (Å²) in [6, 6.07) is -1.41. The van der Waals surface area contributed by atoms with E-state index >= 15 is 0 Å². The fourth-order valence-corrected chi connectivity index (χ4v) is 2.30. The van der Waals surface area contributed by atoms with Crippen molar-refractivity contribution < 1.29 is 32.7 Å². The van der Waals surface area contributed by atoms with Crippen molar-refractivity contribution in [1.82, 2.24) is 14.8 Å². The number of hydrogen-bond donors (Lipinski definition) is 1. The number of ether oxygens (including phenoxy) is 1. The van der Waals surface area contributed by atoms with Crippen LogP contribution in [0.3, 0.4) is 0 Å². The quantitative estimate of drug-likeness (QED) is 0.632. The number of hydrogen-bond acceptors (Lipinski definition) is 7. The number of methoxy groups -OCH3 is 1. The molecule has 0 fully saturated rings. The molecule has 2 heterocycles. The van der Waals surface area contributed by atoms with E-state index in [1.807, 2.05) is 0 Å². The molecule has 1 aromatic rings. The molecule has 1 aliphatic rings. The maximum atomic E-state index is 13.2. The van der Waals surface area contributed by atoms with E-state index in [1.165, 1.54) is 13.8 Å². The fourth-order valence-electron chi connectivity index (χ4n) is 2.30. The Morgan fingerprint density at radius 1 is 1.56 bits per heavy atom. The molecule has 1 aromatic heterocycles. The van der Waals surface area contributed by atoms with Crippen LogP contribution in [0.4, 0.5) is 18.9 Å². The van der Waals surface area contributed by atoms with E-state index in [4.69, 9.17) is 4.74 Å². The number of aromatic nitrogens is 2. The molecule has 0 radical (unpaired) electrons. The molecule has 13 heteroatoms. The maximum absolute atomic E-state index is 13.2. The van der Waals surface area contributed by atoms with Gasteiger partial charge in [0.15, 0.2) is 0 Å². The summed E-state index contributed by atoms with van der Waals surface area (Å²) in [6.45, 7) is 2.40. The van der Waals surface area contributed by atoms with Crippen LogP contribution in [0.15, 0.2) is 11.3 Å². The number of nitrogens with zero attached hydrogens (tertiary/aromatic N) is 5. The highest BCUT2D eigenvalue weighted by molar-refractivity contribution is 5.90. The minimum absolute atomic E-state index is 0.0625. The topological polar surface area (TPSA) is 123 Å². The van der Waals surface area contributed by atoms with Gasteiger partial charge >= 0.3 is 17.7 Å². The van der Waals surface area contributed by atoms with Crippen molar-refractivity contribution in [2.45, 2.75) is 38.2 Å². The summed E-state index contributed by atoms with van der Waals surface area (Å²) in [5.41, 5.74) is -4.13. The fraction of sp³-hybridized carbons (Fsp3) is 0.583. The highest BCUT2D eigenvalue weighted by Crippen LogP contribution is 2.41. The third kappa shape index (κ3) is 3.01. The maximum Gasteiger partial charge on any atom is 0.438 e. The summed E-state index contributed by atoms with van der Waals surface area (Å²) < 4.78 is 45.0. The lowest BCUT2D eigenvalue weighted by Gasteiger charge is -2.33. The first kappa shape index (κ1) is 18.6. The molecule has 0 aliphatic carbocycles. The second kappa shape index (κ2) is 5.98. The summed E-state index contributed by atoms with van der Waals surface area (Å²) in [5.74, 6) is -1.64. The minimum Gasteiger partial charge on any atom is -0.475 e. The van der Waals surface area contributed by atoms with Gasteiger partial charge in [-0.1, -0.05) is 0 Å². The van der Waals surface area contributed by atoms with Crippen LogP contribution in [0, 0.1) is 10.1 Å². The summed E-state index contributed by atoms with van der Waals surface area (Å²) >= 11 is 0. The Bertz CT molecular complexity index is 746. The first-order valence-corrected chi connectivity index (χ1v) is 6.87. The normalized spacial score (nSPS) is 21.9. The minimum atomic E-state index is -5.14. The average Bonchev–Trinajstić information content (AvgIpc) is 3.06. The number of aliphatic hydroxyl groups is 1. The lowest BCUT2D eigenvalue weighted by atomic mass is 10.1. The lowest BCUT2D eigenvalue weighted by molar-refractivity contribution is -0.385. The molecule has 1 aliphatic heterocycles. The highest BCUT2D eigenvalue weighted by Gasteiger charge is 2.63. The Morgan fingerprint density at radius 2 is 2.16 bits per heavy atom. The van der Waals surface area contributed by atoms with Crippen molar-refractivity contribution >= 4 is 17.3 Å². The number of carbonyl (C=O) groups excluding carboxylic acids is 1. The van der Waals surface area contributed by atoms with Gasteiger partial charge in [0.25, 0.3) is 11.6 Å². The second-order valence-corrected chi connectivity index (χ2v) is 5.41. The predicted octanol–water partition coefficient (Wildman–Crippen LogP) is 1.22. The van der Waals surface area contributed by atoms with Crippen molar-refractivity contribution in [2.75, 3.05) is 7.11 Å². The molecular formula is C12H14F3N5O5. The van der Waals surface area contributed by atoms with Crippen LogP contribution in [0.1, 0.15) is 26.3 Å². The largest absolute Gasteiger partial charge is 0.475 e. The number of carbonyl (C=O) groups is 1. The van der Waals surface area contributed by atoms with E-state index in [0.29, 0.717) is 0 Å². The summed E-state index contributed by atoms with van der Waals surface area (Å²) in [5, 5.41) is 27.9. The molecule has 2 atom stereocenters. The molecule has 0 spiro atoms. The van der Waals surface area contributed by atoms with Crippen molar-refractivity contribution in [2.24, 2.45) is 5.10 Å². The SMILES string of the molecule is COc1nn([C@H](C)C(=O)N2N=C(C)C[C@]2(O)C(F)(F)F)cc1[N+](=O)[O-]. The van der Waals surface area contributed by atoms with Crippen LogP contribution >= 0.6 is 0 Å². The Hall–Kier alpha value is -2.70. The van der Waals surface area contributed by atoms with Gasteiger partial charge in [0, 0.05) is 12.1 Å². The monoisotopic (exact) mass is 365 g/mol. The van der Waals surface area contributed by atoms with Gasteiger partial charge in [-0.2, -0.15) is 23.3 Å². The molecule has 1 N–H and O–H groups in total. The zero-order chi connectivity index (χ0) is 19.2. The molecule has 2 rings (SSSR count). The Kier molecular flexibility index (Phi) is 4.46. The van der Waals surface area contributed by atoms with Crippen LogP contribution in [-0.2, 0) is 4.79 Å². The molecule has 10 nitrogen and oxygen atoms in total. The van der Waals surface area contributed by atoms with Crippen LogP contribution in [-0.4, -0.2) is 55.4 Å². The van der Waals surface area contributed by atoms with E-state index < -0.39 is 46.8 Å². The lowest BCUT2D eigenvalue weighted by Crippen LogP contribution is -2.57. The number of rotatable bonds is 4. The smallest absolute Gasteiger partial charge is 0.438 e. The molecule has 1 amide bonds. The second-order valence-electron chi connectivity index (χ2n) is 5.41. The average molecular weight is 365 g/mol. The van der Waals surface area contributed by atoms with Gasteiger partial charge < -0.3 is 9.84 Å². The van der Waals surface area contributed by atoms with Crippen LogP contribution in [0.5, 0.6) is 5.88 Å². The van der Waals surface area contributed by atoms with Gasteiger partial charge in [-0.3, -0.25) is 14.9 Å². The van der Waals surface area contributed by atoms with E-state index in [9.17, 15) is 33.2 Å². The molecule has 0 saturated carbocycles. The third-order valence-corrected chi connectivity index (χ3v) is 3.61. The van der Waals surface area contributed by atoms with Gasteiger partial charge in [-0.25, -0.2) is 4.68 Å². The van der Waals surface area contributed by atoms with Crippen LogP contribution < -0.4 is 4.74 Å². The first-order valence-electron chi connectivity index (χ1n) is 6.87. The molecule has 25 heavy (non-hydrogen) atoms. The molecule has 138 valence electrons. The number of hydrazone groups is 1. The zero-order valence-electron chi connectivity index (χ0n) is 13.3. The van der Waals surface area contributed by atoms with Crippen LogP contribution in [0.2, 0.25) is 0 Å². The number of halogens is 3. The predicted molar refractivity (Wildman–Crippen MR) is 75.7 cm³/mol. The van der Waals surface area contributed by atoms with E-state index in [1.54, 1.807) is 0 Å². The number of amides is 1. The van der Waals surface area contributed by atoms with Gasteiger partial charge in [0.05, 0.1) is 12.0 Å². The summed E-state index contributed by atoms with van der Waals surface area (Å²) in [4.78, 5) is 22.5. The Morgan fingerprint density at radius 3 is 2.60 bits per heavy atom. The summed E-state index contributed by atoms with van der Waals surface area (Å²) in [6.07, 6.45) is -5.18. The molecular weight excluding hydrogens is 351 g/mol. The molecule has 0 bridgehead atoms. The van der Waals surface area contributed by atoms with E-state index in [2.05, 4.69) is 10.2 Å². The number of alkyl halides is 3. The zero-order valence-corrected chi connectivity index (χ0v) is 13.3. The van der Waals surface area contributed by atoms with Crippen molar-refractivity contribution in [3.63, 3.8) is 0 Å². The summed E-state index contributed by atoms with van der Waals surface area (Å²) in [7, 11) is 1.11. The van der Waals surface area contributed by atoms with Crippen molar-refractivity contribution in [1.29, 1.82) is 0 Å². The van der Waals surface area contributed by atoms with Gasteiger partial charge in [-0.15, -0.1) is 5.10 Å². The molecule has 0 unspecified atom stereocenters.